The van der Waals surface area contributed by atoms with Gasteiger partial charge in [0.1, 0.15) is 11.6 Å². The number of nitrogens with one attached hydrogen (secondary N) is 2. The lowest BCUT2D eigenvalue weighted by Gasteiger charge is -2.09. The van der Waals surface area contributed by atoms with Crippen LogP contribution in [0.4, 0.5) is 5.69 Å². The number of hydrogen-bond acceptors (Lipinski definition) is 3. The number of carbonyl (C=O) groups excluding carboxylic acids is 1. The number of rotatable bonds is 5. The third-order valence-electron chi connectivity index (χ3n) is 4.43. The molecule has 0 aliphatic rings. The van der Waals surface area contributed by atoms with Crippen LogP contribution in [0.5, 0.6) is 5.75 Å². The minimum atomic E-state index is -0.209. The van der Waals surface area contributed by atoms with Crippen molar-refractivity contribution in [1.82, 2.24) is 9.97 Å². The van der Waals surface area contributed by atoms with Gasteiger partial charge in [0, 0.05) is 16.8 Å². The van der Waals surface area contributed by atoms with E-state index in [2.05, 4.69) is 31.2 Å². The first-order chi connectivity index (χ1) is 14.4. The standard InChI is InChI=1S/C22H16BrCl2N3O2/c1-2-30-20-8-5-13(9-15(20)23)22(29)26-14-6-3-12(4-7-14)21-27-18-10-16(24)17(25)11-19(18)28-21/h3-11H,2H2,1H3,(H,26,29)(H,27,28). The molecule has 1 heterocycles. The Hall–Kier alpha value is -2.54. The van der Waals surface area contributed by atoms with Crippen LogP contribution in [-0.2, 0) is 0 Å². The maximum Gasteiger partial charge on any atom is 0.255 e. The molecule has 0 saturated carbocycles. The van der Waals surface area contributed by atoms with Crippen molar-refractivity contribution in [2.45, 2.75) is 6.92 Å². The van der Waals surface area contributed by atoms with Crippen LogP contribution in [-0.4, -0.2) is 22.5 Å². The third-order valence-corrected chi connectivity index (χ3v) is 5.78. The van der Waals surface area contributed by atoms with E-state index in [1.165, 1.54) is 0 Å². The predicted octanol–water partition coefficient (Wildman–Crippen LogP) is 6.95. The highest BCUT2D eigenvalue weighted by molar-refractivity contribution is 9.10. The molecular weight excluding hydrogens is 489 g/mol. The van der Waals surface area contributed by atoms with E-state index in [1.807, 2.05) is 31.2 Å². The van der Waals surface area contributed by atoms with Gasteiger partial charge in [0.2, 0.25) is 0 Å². The van der Waals surface area contributed by atoms with Gasteiger partial charge in [-0.1, -0.05) is 23.2 Å². The summed E-state index contributed by atoms with van der Waals surface area (Å²) in [7, 11) is 0. The zero-order valence-electron chi connectivity index (χ0n) is 15.8. The Kier molecular flexibility index (Phi) is 5.99. The summed E-state index contributed by atoms with van der Waals surface area (Å²) in [6.45, 7) is 2.47. The molecule has 5 nitrogen and oxygen atoms in total. The molecule has 0 radical (unpaired) electrons. The number of anilines is 1. The molecule has 0 bridgehead atoms. The lowest BCUT2D eigenvalue weighted by Crippen LogP contribution is -2.12. The number of H-pyrrole nitrogens is 1. The van der Waals surface area contributed by atoms with Crippen molar-refractivity contribution in [2.75, 3.05) is 11.9 Å². The van der Waals surface area contributed by atoms with E-state index in [0.717, 1.165) is 21.1 Å². The first kappa shape index (κ1) is 20.7. The molecule has 0 saturated heterocycles. The number of hydrogen-bond donors (Lipinski definition) is 2. The second-order valence-corrected chi connectivity index (χ2v) is 8.15. The summed E-state index contributed by atoms with van der Waals surface area (Å²) in [5, 5.41) is 3.82. The lowest BCUT2D eigenvalue weighted by molar-refractivity contribution is 0.102. The maximum absolute atomic E-state index is 12.6. The van der Waals surface area contributed by atoms with Crippen LogP contribution in [0.2, 0.25) is 10.0 Å². The highest BCUT2D eigenvalue weighted by Crippen LogP contribution is 2.29. The first-order valence-electron chi connectivity index (χ1n) is 9.13. The second-order valence-electron chi connectivity index (χ2n) is 6.48. The van der Waals surface area contributed by atoms with Gasteiger partial charge < -0.3 is 15.0 Å². The van der Waals surface area contributed by atoms with Gasteiger partial charge in [-0.25, -0.2) is 4.98 Å². The molecule has 1 amide bonds. The number of nitrogens with zero attached hydrogens (tertiary/aromatic N) is 1. The molecule has 4 aromatic rings. The number of ether oxygens (including phenoxy) is 1. The number of aromatic amines is 1. The number of benzene rings is 3. The van der Waals surface area contributed by atoms with E-state index >= 15 is 0 Å². The topological polar surface area (TPSA) is 67.0 Å². The average Bonchev–Trinajstić information content (AvgIpc) is 3.13. The van der Waals surface area contributed by atoms with E-state index < -0.39 is 0 Å². The fourth-order valence-corrected chi connectivity index (χ4v) is 3.79. The minimum absolute atomic E-state index is 0.209. The number of fused-ring (bicyclic) bond motifs is 1. The van der Waals surface area contributed by atoms with Gasteiger partial charge in [-0.3, -0.25) is 4.79 Å². The van der Waals surface area contributed by atoms with Crippen molar-refractivity contribution >= 4 is 61.8 Å². The van der Waals surface area contributed by atoms with Gasteiger partial charge >= 0.3 is 0 Å². The Morgan fingerprint density at radius 3 is 2.53 bits per heavy atom. The van der Waals surface area contributed by atoms with Crippen LogP contribution < -0.4 is 10.1 Å². The number of carbonyl (C=O) groups is 1. The minimum Gasteiger partial charge on any atom is -0.493 e. The van der Waals surface area contributed by atoms with E-state index in [4.69, 9.17) is 27.9 Å². The van der Waals surface area contributed by atoms with Gasteiger partial charge in [-0.15, -0.1) is 0 Å². The molecule has 0 aliphatic heterocycles. The summed E-state index contributed by atoms with van der Waals surface area (Å²) >= 11 is 15.6. The molecule has 2 N–H and O–H groups in total. The molecule has 0 spiro atoms. The Morgan fingerprint density at radius 2 is 1.83 bits per heavy atom. The van der Waals surface area contributed by atoms with Gasteiger partial charge in [-0.05, 0) is 77.5 Å². The van der Waals surface area contributed by atoms with Crippen molar-refractivity contribution in [2.24, 2.45) is 0 Å². The molecule has 152 valence electrons. The molecule has 0 fully saturated rings. The molecular formula is C22H16BrCl2N3O2. The van der Waals surface area contributed by atoms with Crippen molar-refractivity contribution in [3.05, 3.63) is 74.7 Å². The van der Waals surface area contributed by atoms with Gasteiger partial charge in [0.15, 0.2) is 0 Å². The quantitative estimate of drug-likeness (QED) is 0.309. The Balaban J connectivity index is 1.51. The summed E-state index contributed by atoms with van der Waals surface area (Å²) < 4.78 is 6.21. The third kappa shape index (κ3) is 4.31. The summed E-state index contributed by atoms with van der Waals surface area (Å²) in [6.07, 6.45) is 0. The molecule has 0 atom stereocenters. The SMILES string of the molecule is CCOc1ccc(C(=O)Nc2ccc(-c3nc4cc(Cl)c(Cl)cc4[nH]3)cc2)cc1Br. The summed E-state index contributed by atoms with van der Waals surface area (Å²) in [6, 6.07) is 16.1. The monoisotopic (exact) mass is 503 g/mol. The smallest absolute Gasteiger partial charge is 0.255 e. The molecule has 3 aromatic carbocycles. The largest absolute Gasteiger partial charge is 0.493 e. The van der Waals surface area contributed by atoms with Crippen LogP contribution in [0.1, 0.15) is 17.3 Å². The lowest BCUT2D eigenvalue weighted by atomic mass is 10.1. The zero-order chi connectivity index (χ0) is 21.3. The molecule has 30 heavy (non-hydrogen) atoms. The molecule has 8 heteroatoms. The van der Waals surface area contributed by atoms with Gasteiger partial charge in [0.05, 0.1) is 32.2 Å². The highest BCUT2D eigenvalue weighted by atomic mass is 79.9. The first-order valence-corrected chi connectivity index (χ1v) is 10.7. The number of amides is 1. The van der Waals surface area contributed by atoms with E-state index in [9.17, 15) is 4.79 Å². The predicted molar refractivity (Wildman–Crippen MR) is 125 cm³/mol. The second kappa shape index (κ2) is 8.68. The van der Waals surface area contributed by atoms with Crippen LogP contribution in [0.3, 0.4) is 0 Å². The Labute approximate surface area is 191 Å². The van der Waals surface area contributed by atoms with Crippen LogP contribution >= 0.6 is 39.1 Å². The van der Waals surface area contributed by atoms with Crippen molar-refractivity contribution in [3.63, 3.8) is 0 Å². The Morgan fingerprint density at radius 1 is 1.10 bits per heavy atom. The fraction of sp³-hybridized carbons (Fsp3) is 0.0909. The zero-order valence-corrected chi connectivity index (χ0v) is 18.9. The maximum atomic E-state index is 12.6. The van der Waals surface area contributed by atoms with E-state index in [0.29, 0.717) is 39.5 Å². The highest BCUT2D eigenvalue weighted by Gasteiger charge is 2.11. The van der Waals surface area contributed by atoms with Gasteiger partial charge in [-0.2, -0.15) is 0 Å². The number of aromatic nitrogens is 2. The molecule has 1 aromatic heterocycles. The van der Waals surface area contributed by atoms with E-state index in [-0.39, 0.29) is 5.91 Å². The molecule has 0 aliphatic carbocycles. The number of imidazole rings is 1. The Bertz CT molecular complexity index is 1200. The summed E-state index contributed by atoms with van der Waals surface area (Å²) in [4.78, 5) is 20.3. The van der Waals surface area contributed by atoms with Crippen molar-refractivity contribution in [3.8, 4) is 17.1 Å². The van der Waals surface area contributed by atoms with Crippen molar-refractivity contribution in [1.29, 1.82) is 0 Å². The molecule has 0 unspecified atom stereocenters. The summed E-state index contributed by atoms with van der Waals surface area (Å²) in [5.41, 5.74) is 3.62. The van der Waals surface area contributed by atoms with Crippen LogP contribution in [0.15, 0.2) is 59.1 Å². The van der Waals surface area contributed by atoms with E-state index in [1.54, 1.807) is 30.3 Å². The normalized spacial score (nSPS) is 10.9. The van der Waals surface area contributed by atoms with Crippen LogP contribution in [0, 0.1) is 0 Å². The summed E-state index contributed by atoms with van der Waals surface area (Å²) in [5.74, 6) is 1.18. The number of halogens is 3. The van der Waals surface area contributed by atoms with Crippen molar-refractivity contribution < 1.29 is 9.53 Å². The van der Waals surface area contributed by atoms with Crippen LogP contribution in [0.25, 0.3) is 22.4 Å². The average molecular weight is 505 g/mol. The van der Waals surface area contributed by atoms with Gasteiger partial charge in [0.25, 0.3) is 5.91 Å². The fourth-order valence-electron chi connectivity index (χ4n) is 2.97. The molecule has 4 rings (SSSR count).